The molecule has 6 heteroatoms. The Morgan fingerprint density at radius 2 is 1.78 bits per heavy atom. The first kappa shape index (κ1) is 19.7. The number of aliphatic carboxylic acids is 1. The zero-order valence-electron chi connectivity index (χ0n) is 15.9. The number of likely N-dealkylation sites (tertiary alicyclic amines) is 2. The first-order chi connectivity index (χ1) is 13.1. The number of hydrogen-bond acceptors (Lipinski definition) is 4. The largest absolute Gasteiger partial charge is 0.494 e. The first-order valence-corrected chi connectivity index (χ1v) is 10.1. The second-order valence-electron chi connectivity index (χ2n) is 7.53. The van der Waals surface area contributed by atoms with E-state index in [0.717, 1.165) is 44.8 Å². The fraction of sp³-hybridized carbons (Fsp3) is 0.619. The molecule has 1 atom stereocenters. The lowest BCUT2D eigenvalue weighted by atomic mass is 10.1. The number of carboxylic acid groups (broad SMARTS) is 1. The number of nitrogens with zero attached hydrogens (tertiary/aromatic N) is 2. The van der Waals surface area contributed by atoms with Crippen LogP contribution in [-0.4, -0.2) is 65.6 Å². The van der Waals surface area contributed by atoms with Gasteiger partial charge in [0, 0.05) is 31.1 Å². The Morgan fingerprint density at radius 3 is 2.48 bits per heavy atom. The lowest BCUT2D eigenvalue weighted by molar-refractivity contribution is -0.137. The van der Waals surface area contributed by atoms with Crippen LogP contribution in [0.4, 0.5) is 0 Å². The van der Waals surface area contributed by atoms with Crippen molar-refractivity contribution in [3.05, 3.63) is 29.8 Å². The Hall–Kier alpha value is -2.08. The molecule has 2 aliphatic rings. The predicted octanol–water partition coefficient (Wildman–Crippen LogP) is 3.02. The molecule has 1 amide bonds. The highest BCUT2D eigenvalue weighted by atomic mass is 16.5. The minimum absolute atomic E-state index is 0.115. The molecule has 1 unspecified atom stereocenters. The van der Waals surface area contributed by atoms with Crippen LogP contribution in [0.2, 0.25) is 0 Å². The maximum absolute atomic E-state index is 12.9. The molecule has 0 radical (unpaired) electrons. The van der Waals surface area contributed by atoms with Crippen molar-refractivity contribution >= 4 is 11.9 Å². The van der Waals surface area contributed by atoms with Gasteiger partial charge in [0.05, 0.1) is 6.61 Å². The molecule has 6 nitrogen and oxygen atoms in total. The molecule has 2 heterocycles. The van der Waals surface area contributed by atoms with Crippen molar-refractivity contribution in [3.63, 3.8) is 0 Å². The van der Waals surface area contributed by atoms with E-state index in [4.69, 9.17) is 9.84 Å². The molecule has 0 aromatic heterocycles. The highest BCUT2D eigenvalue weighted by Crippen LogP contribution is 2.23. The fourth-order valence-electron chi connectivity index (χ4n) is 3.98. The maximum atomic E-state index is 12.9. The molecule has 0 bridgehead atoms. The summed E-state index contributed by atoms with van der Waals surface area (Å²) in [4.78, 5) is 27.9. The topological polar surface area (TPSA) is 70.1 Å². The standard InChI is InChI=1S/C21H30N2O4/c24-20(25)7-1-4-15-27-19-10-8-17(9-11-19)21(26)23-14-5-6-18(23)16-22-12-2-3-13-22/h8-11,18H,1-7,12-16H2,(H,24,25). The van der Waals surface area contributed by atoms with Crippen molar-refractivity contribution in [1.29, 1.82) is 0 Å². The van der Waals surface area contributed by atoms with Gasteiger partial charge in [-0.3, -0.25) is 9.59 Å². The van der Waals surface area contributed by atoms with E-state index in [0.29, 0.717) is 31.1 Å². The quantitative estimate of drug-likeness (QED) is 0.673. The average Bonchev–Trinajstić information content (AvgIpc) is 3.33. The molecule has 0 saturated carbocycles. The normalized spacial score (nSPS) is 20.1. The third kappa shape index (κ3) is 5.70. The summed E-state index contributed by atoms with van der Waals surface area (Å²) >= 11 is 0. The average molecular weight is 374 g/mol. The van der Waals surface area contributed by atoms with Crippen LogP contribution < -0.4 is 4.74 Å². The summed E-state index contributed by atoms with van der Waals surface area (Å²) in [5.41, 5.74) is 0.710. The maximum Gasteiger partial charge on any atom is 0.303 e. The van der Waals surface area contributed by atoms with Crippen LogP contribution in [0.5, 0.6) is 5.75 Å². The SMILES string of the molecule is O=C(O)CCCCOc1ccc(C(=O)N2CCCC2CN2CCCC2)cc1. The summed E-state index contributed by atoms with van der Waals surface area (Å²) in [7, 11) is 0. The number of rotatable bonds is 9. The Balaban J connectivity index is 1.48. The fourth-order valence-corrected chi connectivity index (χ4v) is 3.98. The molecule has 27 heavy (non-hydrogen) atoms. The molecule has 148 valence electrons. The van der Waals surface area contributed by atoms with E-state index in [1.165, 1.54) is 12.8 Å². The minimum atomic E-state index is -0.775. The molecule has 1 aromatic rings. The van der Waals surface area contributed by atoms with Crippen molar-refractivity contribution in [2.24, 2.45) is 0 Å². The van der Waals surface area contributed by atoms with Gasteiger partial charge in [0.1, 0.15) is 5.75 Å². The van der Waals surface area contributed by atoms with Gasteiger partial charge in [0.2, 0.25) is 0 Å². The van der Waals surface area contributed by atoms with Gasteiger partial charge in [-0.05, 0) is 75.9 Å². The summed E-state index contributed by atoms with van der Waals surface area (Å²) in [6.45, 7) is 4.67. The molecule has 0 aliphatic carbocycles. The summed E-state index contributed by atoms with van der Waals surface area (Å²) < 4.78 is 5.63. The van der Waals surface area contributed by atoms with Crippen molar-refractivity contribution in [1.82, 2.24) is 9.80 Å². The molecule has 3 rings (SSSR count). The first-order valence-electron chi connectivity index (χ1n) is 10.1. The summed E-state index contributed by atoms with van der Waals surface area (Å²) in [6.07, 6.45) is 6.22. The summed E-state index contributed by atoms with van der Waals surface area (Å²) in [5, 5.41) is 8.62. The second-order valence-corrected chi connectivity index (χ2v) is 7.53. The summed E-state index contributed by atoms with van der Waals surface area (Å²) in [5.74, 6) is 0.0597. The van der Waals surface area contributed by atoms with E-state index < -0.39 is 5.97 Å². The van der Waals surface area contributed by atoms with Gasteiger partial charge < -0.3 is 19.6 Å². The van der Waals surface area contributed by atoms with E-state index in [9.17, 15) is 9.59 Å². The third-order valence-corrected chi connectivity index (χ3v) is 5.46. The van der Waals surface area contributed by atoms with Crippen LogP contribution in [0, 0.1) is 0 Å². The highest BCUT2D eigenvalue weighted by Gasteiger charge is 2.31. The number of carboxylic acids is 1. The molecular weight excluding hydrogens is 344 g/mol. The van der Waals surface area contributed by atoms with E-state index in [2.05, 4.69) is 4.90 Å². The van der Waals surface area contributed by atoms with Gasteiger partial charge in [0.15, 0.2) is 0 Å². The highest BCUT2D eigenvalue weighted by molar-refractivity contribution is 5.94. The smallest absolute Gasteiger partial charge is 0.303 e. The van der Waals surface area contributed by atoms with Gasteiger partial charge in [-0.2, -0.15) is 0 Å². The number of benzene rings is 1. The van der Waals surface area contributed by atoms with Crippen molar-refractivity contribution in [2.75, 3.05) is 32.8 Å². The molecule has 2 aliphatic heterocycles. The Bertz CT molecular complexity index is 626. The molecular formula is C21H30N2O4. The Labute approximate surface area is 161 Å². The number of ether oxygens (including phenoxy) is 1. The van der Waals surface area contributed by atoms with Crippen LogP contribution >= 0.6 is 0 Å². The van der Waals surface area contributed by atoms with Crippen LogP contribution in [0.25, 0.3) is 0 Å². The number of carbonyl (C=O) groups excluding carboxylic acids is 1. The van der Waals surface area contributed by atoms with Crippen LogP contribution in [0.3, 0.4) is 0 Å². The van der Waals surface area contributed by atoms with E-state index in [1.54, 1.807) is 0 Å². The van der Waals surface area contributed by atoms with Crippen LogP contribution in [-0.2, 0) is 4.79 Å². The van der Waals surface area contributed by atoms with Crippen molar-refractivity contribution in [2.45, 2.75) is 51.0 Å². The molecule has 0 spiro atoms. The molecule has 1 N–H and O–H groups in total. The Kier molecular flexibility index (Phi) is 7.10. The zero-order chi connectivity index (χ0) is 19.1. The molecule has 2 saturated heterocycles. The van der Waals surface area contributed by atoms with Gasteiger partial charge in [0.25, 0.3) is 5.91 Å². The molecule has 1 aromatic carbocycles. The number of amides is 1. The van der Waals surface area contributed by atoms with E-state index in [-0.39, 0.29) is 12.3 Å². The third-order valence-electron chi connectivity index (χ3n) is 5.46. The number of unbranched alkanes of at least 4 members (excludes halogenated alkanes) is 1. The van der Waals surface area contributed by atoms with Crippen LogP contribution in [0.15, 0.2) is 24.3 Å². The van der Waals surface area contributed by atoms with Gasteiger partial charge in [-0.1, -0.05) is 0 Å². The molecule has 2 fully saturated rings. The second kappa shape index (κ2) is 9.74. The van der Waals surface area contributed by atoms with Gasteiger partial charge in [-0.25, -0.2) is 0 Å². The van der Waals surface area contributed by atoms with Gasteiger partial charge in [-0.15, -0.1) is 0 Å². The zero-order valence-corrected chi connectivity index (χ0v) is 15.9. The number of hydrogen-bond donors (Lipinski definition) is 1. The lowest BCUT2D eigenvalue weighted by Gasteiger charge is -2.28. The van der Waals surface area contributed by atoms with Crippen molar-refractivity contribution < 1.29 is 19.4 Å². The predicted molar refractivity (Wildman–Crippen MR) is 103 cm³/mol. The number of carbonyl (C=O) groups is 2. The summed E-state index contributed by atoms with van der Waals surface area (Å²) in [6, 6.07) is 7.66. The van der Waals surface area contributed by atoms with E-state index >= 15 is 0 Å². The monoisotopic (exact) mass is 374 g/mol. The van der Waals surface area contributed by atoms with Gasteiger partial charge >= 0.3 is 5.97 Å². The van der Waals surface area contributed by atoms with Crippen LogP contribution in [0.1, 0.15) is 55.3 Å². The van der Waals surface area contributed by atoms with Crippen molar-refractivity contribution in [3.8, 4) is 5.75 Å². The Morgan fingerprint density at radius 1 is 1.04 bits per heavy atom. The lowest BCUT2D eigenvalue weighted by Crippen LogP contribution is -2.42. The minimum Gasteiger partial charge on any atom is -0.494 e. The van der Waals surface area contributed by atoms with E-state index in [1.807, 2.05) is 29.2 Å².